The Morgan fingerprint density at radius 2 is 0.892 bits per heavy atom. The fourth-order valence-corrected chi connectivity index (χ4v) is 14.8. The molecule has 4 aliphatic heterocycles. The number of pyridine rings is 4. The molecule has 2 saturated heterocycles. The van der Waals surface area contributed by atoms with Gasteiger partial charge in [-0.2, -0.15) is 0 Å². The lowest BCUT2D eigenvalue weighted by Gasteiger charge is -2.27. The Balaban J connectivity index is 0.000000192. The van der Waals surface area contributed by atoms with E-state index < -0.39 is 83.1 Å². The minimum Gasteiger partial charge on any atom is -0.496 e. The predicted molar refractivity (Wildman–Crippen MR) is 476 cm³/mol. The number of Topliss-reactive ketones (excluding diaryl/α,β-unsaturated/α-hetero) is 1. The number of aliphatic carboxylic acids is 1. The molecule has 12 amide bonds. The van der Waals surface area contributed by atoms with E-state index in [1.165, 1.54) is 49.5 Å². The molecule has 9 N–H and O–H groups in total. The van der Waals surface area contributed by atoms with Crippen molar-refractivity contribution in [1.29, 1.82) is 0 Å². The van der Waals surface area contributed by atoms with Crippen LogP contribution in [-0.4, -0.2) is 195 Å². The van der Waals surface area contributed by atoms with Crippen LogP contribution in [0.5, 0.6) is 23.0 Å². The molecule has 35 heteroatoms. The van der Waals surface area contributed by atoms with Gasteiger partial charge in [-0.1, -0.05) is 73.5 Å². The Morgan fingerprint density at radius 3 is 1.28 bits per heavy atom. The lowest BCUT2D eigenvalue weighted by molar-refractivity contribution is -0.155. The van der Waals surface area contributed by atoms with Gasteiger partial charge in [0.1, 0.15) is 52.1 Å². The van der Waals surface area contributed by atoms with Crippen LogP contribution in [0.1, 0.15) is 195 Å². The zero-order valence-corrected chi connectivity index (χ0v) is 72.7. The molecule has 0 radical (unpaired) electrons. The van der Waals surface area contributed by atoms with Crippen LogP contribution in [0.15, 0.2) is 170 Å². The zero-order chi connectivity index (χ0) is 93.2. The minimum absolute atomic E-state index is 0.000681. The van der Waals surface area contributed by atoms with E-state index in [9.17, 15) is 71.9 Å². The number of methoxy groups -OCH3 is 2. The highest BCUT2D eigenvalue weighted by Crippen LogP contribution is 2.42. The summed E-state index contributed by atoms with van der Waals surface area (Å²) in [5, 5.41) is 32.5. The van der Waals surface area contributed by atoms with Gasteiger partial charge in [0.2, 0.25) is 23.6 Å². The second-order valence-electron chi connectivity index (χ2n) is 31.5. The number of amides is 12. The number of rotatable bonds is 32. The smallest absolute Gasteiger partial charge is 0.344 e. The van der Waals surface area contributed by atoms with E-state index in [0.717, 1.165) is 50.5 Å². The van der Waals surface area contributed by atoms with Crippen molar-refractivity contribution < 1.29 is 101 Å². The number of fused-ring (bicyclic) bond motifs is 4. The van der Waals surface area contributed by atoms with Crippen molar-refractivity contribution in [3.05, 3.63) is 215 Å². The van der Waals surface area contributed by atoms with Crippen LogP contribution in [-0.2, 0) is 38.3 Å². The normalized spacial score (nSPS) is 14.9. The number of aromatic nitrogens is 4. The summed E-state index contributed by atoms with van der Waals surface area (Å²) in [4.78, 5) is 206. The second-order valence-corrected chi connectivity index (χ2v) is 31.5. The maximum absolute atomic E-state index is 13.4. The molecule has 4 aromatic heterocycles. The number of carbonyl (C=O) groups excluding carboxylic acids is 14. The van der Waals surface area contributed by atoms with Crippen molar-refractivity contribution in [2.45, 2.75) is 142 Å². The number of benzene rings is 6. The Bertz CT molecular complexity index is 6090. The van der Waals surface area contributed by atoms with Crippen molar-refractivity contribution in [2.24, 2.45) is 0 Å². The molecule has 0 saturated carbocycles. The molecule has 8 heterocycles. The molecule has 2 fully saturated rings. The number of nitrogens with one attached hydrogen (secondary N) is 8. The highest BCUT2D eigenvalue weighted by atomic mass is 16.6. The number of nitrogens with zero attached hydrogens (tertiary/aromatic N) is 6. The SMILES string of the molecule is CC(Oc1cccc2c1C(=O)N(C1CCC(=O)NC1=O)C2=O)C(=O)O.CNC(=O)c1cnc2cc(OC)c(-c3ccc(C(=O)NCCCCCC(=O)C(C)Oc4cccc5c4C(=O)N(C4CCC(=O)NC4=O)C5=O)nc3)cc2c1Nc1ccccc1.CNC(=O)c1cnc2cc(OC)c(-c3ccc(C(=O)NCCCCCC(=O)OC(C)(C)C)nc3)cc2c1Nc1ccccc1. The van der Waals surface area contributed by atoms with Gasteiger partial charge in [0, 0.05) is 134 Å². The molecule has 0 bridgehead atoms. The first-order valence-corrected chi connectivity index (χ1v) is 42.0. The first-order valence-electron chi connectivity index (χ1n) is 42.0. The van der Waals surface area contributed by atoms with Crippen molar-refractivity contribution in [1.82, 2.24) is 61.6 Å². The fourth-order valence-electron chi connectivity index (χ4n) is 14.8. The van der Waals surface area contributed by atoms with Crippen LogP contribution in [0.2, 0.25) is 0 Å². The Morgan fingerprint density at radius 1 is 0.469 bits per heavy atom. The van der Waals surface area contributed by atoms with Gasteiger partial charge in [-0.05, 0) is 146 Å². The van der Waals surface area contributed by atoms with E-state index in [1.807, 2.05) is 106 Å². The number of hydrogen-bond donors (Lipinski definition) is 9. The van der Waals surface area contributed by atoms with Crippen molar-refractivity contribution in [2.75, 3.05) is 52.0 Å². The van der Waals surface area contributed by atoms with Gasteiger partial charge >= 0.3 is 11.9 Å². The number of carboxylic acids is 1. The molecule has 0 aliphatic carbocycles. The van der Waals surface area contributed by atoms with Crippen LogP contribution in [0.3, 0.4) is 0 Å². The molecule has 35 nitrogen and oxygen atoms in total. The summed E-state index contributed by atoms with van der Waals surface area (Å²) in [6.45, 7) is 9.24. The number of carbonyl (C=O) groups is 15. The van der Waals surface area contributed by atoms with Crippen LogP contribution < -0.4 is 61.5 Å². The maximum atomic E-state index is 13.4. The first-order chi connectivity index (χ1) is 62.4. The van der Waals surface area contributed by atoms with Crippen LogP contribution in [0, 0.1) is 0 Å². The summed E-state index contributed by atoms with van der Waals surface area (Å²) in [6, 6.07) is 39.9. The quantitative estimate of drug-likeness (QED) is 0.0107. The number of hydrogen-bond acceptors (Lipinski definition) is 26. The number of ketones is 1. The summed E-state index contributed by atoms with van der Waals surface area (Å²) >= 11 is 0. The summed E-state index contributed by atoms with van der Waals surface area (Å²) < 4.78 is 27.9. The molecule has 0 spiro atoms. The number of ether oxygens (including phenoxy) is 5. The number of anilines is 4. The number of piperidine rings is 2. The molecular formula is C95H96N14O21. The van der Waals surface area contributed by atoms with E-state index in [2.05, 4.69) is 62.5 Å². The van der Waals surface area contributed by atoms with E-state index in [4.69, 9.17) is 28.8 Å². The van der Waals surface area contributed by atoms with E-state index in [0.29, 0.717) is 107 Å². The van der Waals surface area contributed by atoms with E-state index in [-0.39, 0.29) is 113 Å². The molecular weight excluding hydrogens is 1670 g/mol. The maximum Gasteiger partial charge on any atom is 0.344 e. The zero-order valence-electron chi connectivity index (χ0n) is 72.7. The molecule has 130 heavy (non-hydrogen) atoms. The fraction of sp³-hybridized carbons (Fsp3) is 0.295. The highest BCUT2D eigenvalue weighted by molar-refractivity contribution is 6.26. The highest BCUT2D eigenvalue weighted by Gasteiger charge is 2.48. The van der Waals surface area contributed by atoms with Crippen molar-refractivity contribution in [3.8, 4) is 45.3 Å². The predicted octanol–water partition coefficient (Wildman–Crippen LogP) is 11.1. The minimum atomic E-state index is -1.23. The average Bonchev–Trinajstić information content (AvgIpc) is 1.67. The topological polar surface area (TPSA) is 477 Å². The van der Waals surface area contributed by atoms with E-state index >= 15 is 0 Å². The summed E-state index contributed by atoms with van der Waals surface area (Å²) in [7, 11) is 6.27. The van der Waals surface area contributed by atoms with Gasteiger partial charge in [0.15, 0.2) is 18.0 Å². The van der Waals surface area contributed by atoms with Gasteiger partial charge in [0.25, 0.3) is 47.3 Å². The average molecular weight is 1770 g/mol. The number of imide groups is 4. The molecule has 4 aliphatic rings. The van der Waals surface area contributed by atoms with E-state index in [1.54, 1.807) is 78.1 Å². The van der Waals surface area contributed by atoms with Gasteiger partial charge in [-0.25, -0.2) is 4.79 Å². The van der Waals surface area contributed by atoms with Gasteiger partial charge in [-0.15, -0.1) is 0 Å². The van der Waals surface area contributed by atoms with Crippen LogP contribution in [0.4, 0.5) is 22.7 Å². The number of unbranched alkanes of at least 4 members (excludes halogenated alkanes) is 4. The third kappa shape index (κ3) is 22.0. The lowest BCUT2D eigenvalue weighted by Crippen LogP contribution is -2.54. The number of esters is 1. The van der Waals surface area contributed by atoms with Crippen LogP contribution >= 0.6 is 0 Å². The van der Waals surface area contributed by atoms with Crippen LogP contribution in [0.25, 0.3) is 44.1 Å². The van der Waals surface area contributed by atoms with Gasteiger partial charge < -0.3 is 60.7 Å². The second kappa shape index (κ2) is 42.1. The Hall–Kier alpha value is -15.7. The molecule has 10 aromatic rings. The largest absolute Gasteiger partial charge is 0.496 e. The summed E-state index contributed by atoms with van der Waals surface area (Å²) in [5.74, 6) is -6.88. The Labute approximate surface area is 745 Å². The van der Waals surface area contributed by atoms with Crippen molar-refractivity contribution >= 4 is 133 Å². The molecule has 4 unspecified atom stereocenters. The van der Waals surface area contributed by atoms with Gasteiger partial charge in [0.05, 0.1) is 70.0 Å². The molecule has 14 rings (SSSR count). The standard InChI is InChI=1S/C45H43N7O9.C34H39N5O5.C16H14N2O7/c1-25(61-36-15-10-13-28-39(36)45(59)52(44(28)58)34-18-19-38(54)51-43(34)57)35(53)14-8-5-9-20-47-42(56)32-17-16-26(23-48-32)29-21-30-33(22-37(29)60-3)49-24-31(41(55)46-2)40(30)50-27-11-6-4-7-12-27;1-34(2,3)44-30(40)14-10-7-11-17-36-33(42)27-16-15-22(20-37-27)24-18-25-28(19-29(24)43-5)38-21-26(32(41)35-4)31(25)39-23-12-8-6-9-13-23;1-7(16(23)24)25-10-4-2-3-8-12(10)15(22)18(14(8)21)9-5-6-11(19)17-13(9)20/h4,6-7,10-13,15-17,21-25,34H,5,8-9,14,18-20H2,1-3H3,(H,46,55)(H,47,56)(H,49,50)(H,51,54,57);6,8-9,12-13,15-16,18-21H,7,10-11,14,17H2,1-5H3,(H,35,41)(H,36,42)(H,38,39);2-4,7,9H,5-6H2,1H3,(H,23,24)(H,17,19,20). The summed E-state index contributed by atoms with van der Waals surface area (Å²) in [6.07, 6.45) is 8.76. The third-order valence-corrected chi connectivity index (χ3v) is 21.4. The third-order valence-electron chi connectivity index (χ3n) is 21.4. The molecule has 6 aromatic carbocycles. The Kier molecular flexibility index (Phi) is 30.2. The first kappa shape index (κ1) is 93.4. The number of carboxylic acid groups (broad SMARTS) is 1. The van der Waals surface area contributed by atoms with Crippen molar-refractivity contribution in [3.63, 3.8) is 0 Å². The van der Waals surface area contributed by atoms with Gasteiger partial charge in [-0.3, -0.25) is 107 Å². The lowest BCUT2D eigenvalue weighted by atomic mass is 10.0. The monoisotopic (exact) mass is 1770 g/mol. The molecule has 672 valence electrons. The summed E-state index contributed by atoms with van der Waals surface area (Å²) in [5.41, 5.74) is 7.66. The number of para-hydroxylation sites is 2. The molecule has 4 atom stereocenters.